The van der Waals surface area contributed by atoms with Crippen molar-refractivity contribution in [2.24, 2.45) is 0 Å². The average molecular weight is 436 g/mol. The summed E-state index contributed by atoms with van der Waals surface area (Å²) in [5.41, 5.74) is -1.08. The second-order valence-corrected chi connectivity index (χ2v) is 8.07. The van der Waals surface area contributed by atoms with Crippen LogP contribution in [0.25, 0.3) is 0 Å². The summed E-state index contributed by atoms with van der Waals surface area (Å²) in [7, 11) is -4.39. The Labute approximate surface area is 213 Å². The molecule has 0 aromatic carbocycles. The van der Waals surface area contributed by atoms with Gasteiger partial charge in [0.05, 0.1) is 17.7 Å². The predicted molar refractivity (Wildman–Crippen MR) is 94.5 cm³/mol. The number of carboxylic acids is 2. The van der Waals surface area contributed by atoms with Crippen molar-refractivity contribution >= 4 is 22.1 Å². The summed E-state index contributed by atoms with van der Waals surface area (Å²) in [5.74, 6) is -4.26. The molecular formula is C18H30Na2O7S. The third-order valence-electron chi connectivity index (χ3n) is 4.25. The molecule has 0 heterocycles. The van der Waals surface area contributed by atoms with Crippen LogP contribution in [0.4, 0.5) is 0 Å². The van der Waals surface area contributed by atoms with Crippen LogP contribution in [0.15, 0.2) is 11.1 Å². The molecule has 0 saturated carbocycles. The average Bonchev–Trinajstić information content (AvgIpc) is 2.53. The maximum atomic E-state index is 11.2. The summed E-state index contributed by atoms with van der Waals surface area (Å²) in [6.07, 6.45) is 9.84. The fourth-order valence-electron chi connectivity index (χ4n) is 2.77. The first-order valence-electron chi connectivity index (χ1n) is 9.29. The Hall–Kier alpha value is 0.590. The summed E-state index contributed by atoms with van der Waals surface area (Å²) >= 11 is 0. The number of carboxylic acid groups (broad SMARTS) is 2. The minimum Gasteiger partial charge on any atom is -0.545 e. The van der Waals surface area contributed by atoms with Crippen molar-refractivity contribution in [2.45, 2.75) is 84.0 Å². The van der Waals surface area contributed by atoms with Gasteiger partial charge in [-0.25, -0.2) is 0 Å². The van der Waals surface area contributed by atoms with Gasteiger partial charge in [-0.3, -0.25) is 4.55 Å². The first-order valence-corrected chi connectivity index (χ1v) is 10.9. The first-order chi connectivity index (χ1) is 12.2. The molecule has 7 nitrogen and oxygen atoms in total. The molecule has 0 rings (SSSR count). The second-order valence-electron chi connectivity index (χ2n) is 6.50. The van der Waals surface area contributed by atoms with E-state index in [1.54, 1.807) is 0 Å². The Balaban J connectivity index is -0.00000312. The fraction of sp³-hybridized carbons (Fsp3) is 0.778. The molecule has 0 aromatic heterocycles. The Kier molecular flexibility index (Phi) is 23.2. The number of rotatable bonds is 16. The topological polar surface area (TPSA) is 135 Å². The minimum atomic E-state index is -4.39. The van der Waals surface area contributed by atoms with Gasteiger partial charge in [-0.15, -0.1) is 0 Å². The van der Waals surface area contributed by atoms with Crippen molar-refractivity contribution in [3.8, 4) is 0 Å². The Morgan fingerprint density at radius 1 is 0.714 bits per heavy atom. The smallest absolute Gasteiger partial charge is 0.545 e. The van der Waals surface area contributed by atoms with Gasteiger partial charge in [-0.1, -0.05) is 64.7 Å². The minimum absolute atomic E-state index is 0. The Morgan fingerprint density at radius 2 is 1.07 bits per heavy atom. The molecule has 0 radical (unpaired) electrons. The molecule has 0 unspecified atom stereocenters. The first kappa shape index (κ1) is 33.2. The van der Waals surface area contributed by atoms with E-state index in [2.05, 4.69) is 6.92 Å². The molecule has 0 spiro atoms. The van der Waals surface area contributed by atoms with Crippen LogP contribution in [0.1, 0.15) is 84.0 Å². The summed E-state index contributed by atoms with van der Waals surface area (Å²) in [6, 6.07) is 0. The van der Waals surface area contributed by atoms with E-state index in [1.807, 2.05) is 0 Å². The van der Waals surface area contributed by atoms with E-state index in [1.165, 1.54) is 32.1 Å². The van der Waals surface area contributed by atoms with E-state index >= 15 is 0 Å². The maximum absolute atomic E-state index is 11.2. The third kappa shape index (κ3) is 18.6. The van der Waals surface area contributed by atoms with Crippen LogP contribution in [0.3, 0.4) is 0 Å². The number of hydrogen-bond donors (Lipinski definition) is 1. The zero-order valence-electron chi connectivity index (χ0n) is 17.5. The quantitative estimate of drug-likeness (QED) is 0.111. The molecule has 0 aliphatic carbocycles. The van der Waals surface area contributed by atoms with Crippen LogP contribution < -0.4 is 69.3 Å². The van der Waals surface area contributed by atoms with E-state index in [9.17, 15) is 28.2 Å². The van der Waals surface area contributed by atoms with Gasteiger partial charge in [0.2, 0.25) is 0 Å². The third-order valence-corrected chi connectivity index (χ3v) is 4.97. The van der Waals surface area contributed by atoms with Crippen LogP contribution in [0, 0.1) is 0 Å². The predicted octanol–water partition coefficient (Wildman–Crippen LogP) is -4.62. The van der Waals surface area contributed by atoms with Crippen molar-refractivity contribution in [1.82, 2.24) is 0 Å². The Bertz CT molecular complexity index is 574. The standard InChI is InChI=1S/C18H32O7S.2Na/c1-2-3-4-5-6-7-8-9-10-11-12-15(17(19)20)16(18(21)22)13-14-26(23,24)25;;/h2-14H2,1H3,(H,19,20)(H,21,22)(H,23,24,25);;/q;2*+1/p-2/b16-15-;;. The SMILES string of the molecule is CCCCCCCCCCCC/C(C(=O)[O-])=C(\CCS(=O)(=O)O)C(=O)[O-].[Na+].[Na+]. The normalized spacial score (nSPS) is 11.8. The molecule has 0 aliphatic heterocycles. The number of carbonyl (C=O) groups is 2. The zero-order valence-corrected chi connectivity index (χ0v) is 22.3. The van der Waals surface area contributed by atoms with Gasteiger partial charge in [0.25, 0.3) is 10.1 Å². The number of aliphatic carboxylic acids is 2. The number of hydrogen-bond acceptors (Lipinski definition) is 6. The van der Waals surface area contributed by atoms with E-state index in [4.69, 9.17) is 4.55 Å². The molecule has 1 N–H and O–H groups in total. The van der Waals surface area contributed by atoms with Crippen molar-refractivity contribution < 1.29 is 91.9 Å². The summed E-state index contributed by atoms with van der Waals surface area (Å²) in [5, 5.41) is 22.3. The van der Waals surface area contributed by atoms with Crippen LogP contribution in [0.2, 0.25) is 0 Å². The maximum Gasteiger partial charge on any atom is 1.00 e. The van der Waals surface area contributed by atoms with E-state index in [0.717, 1.165) is 25.7 Å². The van der Waals surface area contributed by atoms with Gasteiger partial charge >= 0.3 is 59.1 Å². The molecule has 0 aliphatic rings. The molecule has 0 saturated heterocycles. The van der Waals surface area contributed by atoms with Crippen LogP contribution in [-0.2, 0) is 19.7 Å². The van der Waals surface area contributed by atoms with Gasteiger partial charge in [-0.05, 0) is 30.4 Å². The fourth-order valence-corrected chi connectivity index (χ4v) is 3.23. The van der Waals surface area contributed by atoms with Crippen molar-refractivity contribution in [1.29, 1.82) is 0 Å². The largest absolute Gasteiger partial charge is 1.00 e. The van der Waals surface area contributed by atoms with Crippen molar-refractivity contribution in [2.75, 3.05) is 5.75 Å². The van der Waals surface area contributed by atoms with Crippen LogP contribution in [-0.4, -0.2) is 30.7 Å². The van der Waals surface area contributed by atoms with E-state index in [0.29, 0.717) is 6.42 Å². The summed E-state index contributed by atoms with van der Waals surface area (Å²) in [4.78, 5) is 22.3. The summed E-state index contributed by atoms with van der Waals surface area (Å²) in [6.45, 7) is 2.17. The van der Waals surface area contributed by atoms with Crippen LogP contribution in [0.5, 0.6) is 0 Å². The molecule has 152 valence electrons. The molecule has 0 atom stereocenters. The van der Waals surface area contributed by atoms with Gasteiger partial charge in [0.1, 0.15) is 0 Å². The summed E-state index contributed by atoms with van der Waals surface area (Å²) < 4.78 is 30.2. The monoisotopic (exact) mass is 436 g/mol. The van der Waals surface area contributed by atoms with Gasteiger partial charge in [0, 0.05) is 0 Å². The van der Waals surface area contributed by atoms with Gasteiger partial charge in [-0.2, -0.15) is 8.42 Å². The molecular weight excluding hydrogens is 406 g/mol. The van der Waals surface area contributed by atoms with E-state index in [-0.39, 0.29) is 65.5 Å². The molecule has 10 heteroatoms. The molecule has 0 fully saturated rings. The molecule has 0 bridgehead atoms. The van der Waals surface area contributed by atoms with Gasteiger partial charge in [0.15, 0.2) is 0 Å². The number of unbranched alkanes of at least 4 members (excludes halogenated alkanes) is 9. The van der Waals surface area contributed by atoms with Crippen LogP contribution >= 0.6 is 0 Å². The zero-order chi connectivity index (χ0) is 20.0. The molecule has 28 heavy (non-hydrogen) atoms. The molecule has 0 amide bonds. The Morgan fingerprint density at radius 3 is 1.43 bits per heavy atom. The van der Waals surface area contributed by atoms with Crippen molar-refractivity contribution in [3.63, 3.8) is 0 Å². The number of carbonyl (C=O) groups excluding carboxylic acids is 2. The van der Waals surface area contributed by atoms with Gasteiger partial charge < -0.3 is 19.8 Å². The molecule has 0 aromatic rings. The second kappa shape index (κ2) is 19.5. The van der Waals surface area contributed by atoms with Crippen molar-refractivity contribution in [3.05, 3.63) is 11.1 Å². The van der Waals surface area contributed by atoms with E-state index < -0.39 is 45.4 Å².